The lowest BCUT2D eigenvalue weighted by Gasteiger charge is -1.98. The summed E-state index contributed by atoms with van der Waals surface area (Å²) in [5.41, 5.74) is 0. The fraction of sp³-hybridized carbons (Fsp3) is 1.00. The van der Waals surface area contributed by atoms with Crippen LogP contribution in [0.2, 0.25) is 0 Å². The van der Waals surface area contributed by atoms with E-state index in [0.717, 1.165) is 0 Å². The van der Waals surface area contributed by atoms with E-state index in [1.807, 2.05) is 0 Å². The van der Waals surface area contributed by atoms with Crippen molar-refractivity contribution in [3.8, 4) is 0 Å². The number of hydrogen-bond donors (Lipinski definition) is 1. The third kappa shape index (κ3) is 10.7. The molecule has 0 fully saturated rings. The van der Waals surface area contributed by atoms with Gasteiger partial charge in [0, 0.05) is 5.75 Å². The molecular formula is C8H19NS2. The number of rotatable bonds is 8. The van der Waals surface area contributed by atoms with Crippen molar-refractivity contribution in [2.75, 3.05) is 5.75 Å². The lowest BCUT2D eigenvalue weighted by molar-refractivity contribution is 0.627. The maximum absolute atomic E-state index is 5.27. The van der Waals surface area contributed by atoms with Gasteiger partial charge in [-0.2, -0.15) is 0 Å². The Morgan fingerprint density at radius 1 is 1.00 bits per heavy atom. The molecule has 0 aliphatic rings. The molecule has 0 aliphatic carbocycles. The van der Waals surface area contributed by atoms with Crippen LogP contribution < -0.4 is 5.14 Å². The molecule has 0 amide bonds. The standard InChI is InChI=1S/C8H19NS2/c1-2-3-4-5-6-7-8-10-11-9/h2-9H2,1H3. The van der Waals surface area contributed by atoms with Crippen LogP contribution in [0.1, 0.15) is 45.4 Å². The molecule has 0 atom stereocenters. The Hall–Kier alpha value is 0.660. The van der Waals surface area contributed by atoms with Crippen molar-refractivity contribution in [3.05, 3.63) is 0 Å². The van der Waals surface area contributed by atoms with Crippen molar-refractivity contribution in [2.45, 2.75) is 45.4 Å². The van der Waals surface area contributed by atoms with Crippen molar-refractivity contribution in [2.24, 2.45) is 5.14 Å². The van der Waals surface area contributed by atoms with Gasteiger partial charge >= 0.3 is 0 Å². The highest BCUT2D eigenvalue weighted by Gasteiger charge is 1.89. The number of unbranched alkanes of at least 4 members (excludes halogenated alkanes) is 5. The Morgan fingerprint density at radius 3 is 2.27 bits per heavy atom. The van der Waals surface area contributed by atoms with Gasteiger partial charge in [0.2, 0.25) is 0 Å². The summed E-state index contributed by atoms with van der Waals surface area (Å²) in [7, 11) is 3.15. The molecule has 0 bridgehead atoms. The van der Waals surface area contributed by atoms with E-state index >= 15 is 0 Å². The van der Waals surface area contributed by atoms with E-state index in [1.54, 1.807) is 10.8 Å². The van der Waals surface area contributed by atoms with Crippen LogP contribution in [-0.2, 0) is 0 Å². The summed E-state index contributed by atoms with van der Waals surface area (Å²) < 4.78 is 0. The minimum atomic E-state index is 1.22. The summed E-state index contributed by atoms with van der Waals surface area (Å²) in [6.07, 6.45) is 8.28. The molecule has 0 saturated carbocycles. The van der Waals surface area contributed by atoms with Crippen LogP contribution >= 0.6 is 21.8 Å². The summed E-state index contributed by atoms with van der Waals surface area (Å²) in [6, 6.07) is 0. The second-order valence-electron chi connectivity index (χ2n) is 2.69. The molecule has 1 nitrogen and oxygen atoms in total. The average molecular weight is 193 g/mol. The Kier molecular flexibility index (Phi) is 11.3. The minimum absolute atomic E-state index is 1.22. The highest BCUT2D eigenvalue weighted by Crippen LogP contribution is 2.16. The van der Waals surface area contributed by atoms with E-state index in [0.29, 0.717) is 0 Å². The molecule has 0 heterocycles. The molecular weight excluding hydrogens is 174 g/mol. The molecule has 0 aromatic carbocycles. The van der Waals surface area contributed by atoms with E-state index < -0.39 is 0 Å². The molecule has 0 aromatic rings. The van der Waals surface area contributed by atoms with Crippen molar-refractivity contribution in [1.82, 2.24) is 0 Å². The summed E-state index contributed by atoms with van der Waals surface area (Å²) in [6.45, 7) is 2.25. The Morgan fingerprint density at radius 2 is 1.64 bits per heavy atom. The predicted molar refractivity (Wildman–Crippen MR) is 57.6 cm³/mol. The molecule has 2 N–H and O–H groups in total. The van der Waals surface area contributed by atoms with E-state index in [9.17, 15) is 0 Å². The summed E-state index contributed by atoms with van der Waals surface area (Å²) in [5, 5.41) is 5.27. The lowest BCUT2D eigenvalue weighted by Crippen LogP contribution is -1.81. The third-order valence-electron chi connectivity index (χ3n) is 1.65. The molecule has 11 heavy (non-hydrogen) atoms. The van der Waals surface area contributed by atoms with Gasteiger partial charge in [0.05, 0.1) is 0 Å². The molecule has 0 saturated heterocycles. The monoisotopic (exact) mass is 193 g/mol. The third-order valence-corrected chi connectivity index (χ3v) is 3.15. The van der Waals surface area contributed by atoms with Crippen molar-refractivity contribution in [3.63, 3.8) is 0 Å². The fourth-order valence-electron chi connectivity index (χ4n) is 0.989. The molecule has 0 aromatic heterocycles. The van der Waals surface area contributed by atoms with Gasteiger partial charge in [0.25, 0.3) is 0 Å². The maximum atomic E-state index is 5.27. The normalized spacial score (nSPS) is 10.4. The van der Waals surface area contributed by atoms with Crippen LogP contribution in [0.15, 0.2) is 0 Å². The maximum Gasteiger partial charge on any atom is 0.00493 e. The summed E-state index contributed by atoms with van der Waals surface area (Å²) in [5.74, 6) is 1.22. The number of hydrogen-bond acceptors (Lipinski definition) is 3. The zero-order chi connectivity index (χ0) is 8.36. The first-order valence-electron chi connectivity index (χ1n) is 4.40. The quantitative estimate of drug-likeness (QED) is 0.362. The lowest BCUT2D eigenvalue weighted by atomic mass is 10.1. The van der Waals surface area contributed by atoms with Gasteiger partial charge in [0.1, 0.15) is 0 Å². The van der Waals surface area contributed by atoms with Crippen LogP contribution in [-0.4, -0.2) is 5.75 Å². The first kappa shape index (κ1) is 11.7. The molecule has 0 spiro atoms. The van der Waals surface area contributed by atoms with Gasteiger partial charge in [-0.25, -0.2) is 0 Å². The molecule has 3 heteroatoms. The highest BCUT2D eigenvalue weighted by molar-refractivity contribution is 8.75. The fourth-order valence-corrected chi connectivity index (χ4v) is 2.05. The number of nitrogens with two attached hydrogens (primary N) is 1. The Bertz CT molecular complexity index is 61.1. The topological polar surface area (TPSA) is 26.0 Å². The largest absolute Gasteiger partial charge is 0.268 e. The van der Waals surface area contributed by atoms with E-state index in [-0.39, 0.29) is 0 Å². The van der Waals surface area contributed by atoms with Gasteiger partial charge in [-0.1, -0.05) is 49.8 Å². The van der Waals surface area contributed by atoms with Gasteiger partial charge in [-0.3, -0.25) is 5.14 Å². The zero-order valence-electron chi connectivity index (χ0n) is 7.34. The second-order valence-corrected chi connectivity index (χ2v) is 4.81. The van der Waals surface area contributed by atoms with Gasteiger partial charge in [0.15, 0.2) is 0 Å². The zero-order valence-corrected chi connectivity index (χ0v) is 8.98. The minimum Gasteiger partial charge on any atom is -0.268 e. The molecule has 0 radical (unpaired) electrons. The predicted octanol–water partition coefficient (Wildman–Crippen LogP) is 3.60. The summed E-state index contributed by atoms with van der Waals surface area (Å²) >= 11 is 0. The SMILES string of the molecule is CCCCCCCCSSN. The van der Waals surface area contributed by atoms with E-state index in [1.165, 1.54) is 55.3 Å². The molecule has 0 unspecified atom stereocenters. The van der Waals surface area contributed by atoms with E-state index in [4.69, 9.17) is 5.14 Å². The van der Waals surface area contributed by atoms with E-state index in [2.05, 4.69) is 6.92 Å². The van der Waals surface area contributed by atoms with Crippen molar-refractivity contribution in [1.29, 1.82) is 0 Å². The smallest absolute Gasteiger partial charge is 0.00493 e. The van der Waals surface area contributed by atoms with Crippen molar-refractivity contribution < 1.29 is 0 Å². The van der Waals surface area contributed by atoms with Crippen molar-refractivity contribution >= 4 is 21.8 Å². The second kappa shape index (κ2) is 10.7. The van der Waals surface area contributed by atoms with Crippen LogP contribution in [0.3, 0.4) is 0 Å². The Balaban J connectivity index is 2.69. The van der Waals surface area contributed by atoms with Crippen LogP contribution in [0, 0.1) is 0 Å². The highest BCUT2D eigenvalue weighted by atomic mass is 33.1. The van der Waals surface area contributed by atoms with Gasteiger partial charge in [-0.05, 0) is 17.4 Å². The average Bonchev–Trinajstić information content (AvgIpc) is 2.03. The van der Waals surface area contributed by atoms with Crippen LogP contribution in [0.5, 0.6) is 0 Å². The molecule has 0 aliphatic heterocycles. The first-order valence-corrected chi connectivity index (χ1v) is 6.78. The van der Waals surface area contributed by atoms with Crippen LogP contribution in [0.25, 0.3) is 0 Å². The molecule has 68 valence electrons. The Labute approximate surface area is 78.4 Å². The van der Waals surface area contributed by atoms with Gasteiger partial charge in [-0.15, -0.1) is 0 Å². The van der Waals surface area contributed by atoms with Gasteiger partial charge < -0.3 is 0 Å². The van der Waals surface area contributed by atoms with Crippen LogP contribution in [0.4, 0.5) is 0 Å². The summed E-state index contributed by atoms with van der Waals surface area (Å²) in [4.78, 5) is 0. The first-order chi connectivity index (χ1) is 5.41. The molecule has 0 rings (SSSR count).